The minimum atomic E-state index is -2.64. The SMILES string of the molecule is C[C@]12CC[C@H]3[C@@H](CC[C@H]4C[C@@](O)(C(F)F)CC[C@@H]43)[C@@H]1CC[C@@H]2C(=O)CO. The van der Waals surface area contributed by atoms with Gasteiger partial charge in [0, 0.05) is 5.92 Å². The summed E-state index contributed by atoms with van der Waals surface area (Å²) in [6.45, 7) is 1.90. The molecule has 0 aromatic heterocycles. The molecule has 8 atom stereocenters. The highest BCUT2D eigenvalue weighted by Crippen LogP contribution is 2.64. The van der Waals surface area contributed by atoms with Crippen molar-refractivity contribution in [3.05, 3.63) is 0 Å². The molecule has 4 fully saturated rings. The molecule has 0 heterocycles. The van der Waals surface area contributed by atoms with Gasteiger partial charge in [-0.2, -0.15) is 0 Å². The highest BCUT2D eigenvalue weighted by atomic mass is 19.3. The molecule has 0 radical (unpaired) electrons. The number of ketones is 1. The molecule has 2 N–H and O–H groups in total. The van der Waals surface area contributed by atoms with Crippen molar-refractivity contribution in [2.45, 2.75) is 76.7 Å². The molecule has 4 aliphatic carbocycles. The number of aliphatic hydroxyl groups is 2. The average molecular weight is 370 g/mol. The van der Waals surface area contributed by atoms with E-state index in [0.29, 0.717) is 23.7 Å². The van der Waals surface area contributed by atoms with Crippen LogP contribution in [0.2, 0.25) is 0 Å². The third-order valence-corrected chi connectivity index (χ3v) is 9.00. The Kier molecular flexibility index (Phi) is 4.71. The first kappa shape index (κ1) is 18.8. The number of hydrogen-bond donors (Lipinski definition) is 2. The Bertz CT molecular complexity index is 567. The smallest absolute Gasteiger partial charge is 0.266 e. The van der Waals surface area contributed by atoms with Gasteiger partial charge in [0.15, 0.2) is 5.78 Å². The molecular formula is C21H32F2O3. The van der Waals surface area contributed by atoms with Gasteiger partial charge in [0.25, 0.3) is 6.43 Å². The van der Waals surface area contributed by atoms with Gasteiger partial charge < -0.3 is 10.2 Å². The van der Waals surface area contributed by atoms with Crippen LogP contribution in [-0.4, -0.2) is 34.6 Å². The molecule has 0 spiro atoms. The Hall–Kier alpha value is -0.550. The Morgan fingerprint density at radius 2 is 1.77 bits per heavy atom. The summed E-state index contributed by atoms with van der Waals surface area (Å²) in [5.41, 5.74) is -1.77. The van der Waals surface area contributed by atoms with Crippen molar-refractivity contribution in [3.8, 4) is 0 Å². The van der Waals surface area contributed by atoms with Crippen molar-refractivity contribution in [1.29, 1.82) is 0 Å². The fraction of sp³-hybridized carbons (Fsp3) is 0.952. The molecule has 0 amide bonds. The molecule has 0 saturated heterocycles. The largest absolute Gasteiger partial charge is 0.389 e. The van der Waals surface area contributed by atoms with E-state index in [1.807, 2.05) is 0 Å². The third-order valence-electron chi connectivity index (χ3n) is 9.00. The van der Waals surface area contributed by atoms with Crippen LogP contribution in [0.5, 0.6) is 0 Å². The van der Waals surface area contributed by atoms with Crippen molar-refractivity contribution >= 4 is 5.78 Å². The van der Waals surface area contributed by atoms with Crippen LogP contribution in [0.1, 0.15) is 64.7 Å². The van der Waals surface area contributed by atoms with Crippen molar-refractivity contribution in [3.63, 3.8) is 0 Å². The van der Waals surface area contributed by atoms with Crippen LogP contribution in [0.25, 0.3) is 0 Å². The lowest BCUT2D eigenvalue weighted by atomic mass is 9.49. The van der Waals surface area contributed by atoms with Crippen LogP contribution in [-0.2, 0) is 4.79 Å². The highest BCUT2D eigenvalue weighted by Gasteiger charge is 2.59. The first-order valence-corrected chi connectivity index (χ1v) is 10.4. The molecule has 3 nitrogen and oxygen atoms in total. The van der Waals surface area contributed by atoms with E-state index in [9.17, 15) is 23.8 Å². The molecule has 0 bridgehead atoms. The van der Waals surface area contributed by atoms with Crippen molar-refractivity contribution in [1.82, 2.24) is 0 Å². The normalized spacial score (nSPS) is 50.8. The number of rotatable bonds is 3. The van der Waals surface area contributed by atoms with Crippen LogP contribution in [0.3, 0.4) is 0 Å². The standard InChI is InChI=1S/C21H32F2O3/c1-20-8-6-14-13-7-9-21(26,19(22)23)10-12(13)2-3-15(14)16(20)4-5-17(20)18(25)11-24/h12-17,19,24,26H,2-11H2,1H3/t12-,13-,14+,15+,16-,17+,20-,21+/m0/s1. The minimum absolute atomic E-state index is 0.00167. The van der Waals surface area contributed by atoms with Gasteiger partial charge in [-0.25, -0.2) is 8.78 Å². The van der Waals surface area contributed by atoms with E-state index < -0.39 is 12.0 Å². The van der Waals surface area contributed by atoms with Crippen LogP contribution >= 0.6 is 0 Å². The maximum absolute atomic E-state index is 13.3. The van der Waals surface area contributed by atoms with Gasteiger partial charge in [-0.15, -0.1) is 0 Å². The van der Waals surface area contributed by atoms with E-state index in [2.05, 4.69) is 6.92 Å². The van der Waals surface area contributed by atoms with Gasteiger partial charge in [0.2, 0.25) is 0 Å². The lowest BCUT2D eigenvalue weighted by molar-refractivity contribution is -0.160. The minimum Gasteiger partial charge on any atom is -0.389 e. The van der Waals surface area contributed by atoms with Crippen LogP contribution < -0.4 is 0 Å². The Labute approximate surface area is 154 Å². The number of fused-ring (bicyclic) bond motifs is 5. The molecule has 4 aliphatic rings. The summed E-state index contributed by atoms with van der Waals surface area (Å²) in [4.78, 5) is 12.2. The maximum Gasteiger partial charge on any atom is 0.266 e. The first-order chi connectivity index (χ1) is 12.3. The Balaban J connectivity index is 1.52. The van der Waals surface area contributed by atoms with E-state index in [1.54, 1.807) is 0 Å². The summed E-state index contributed by atoms with van der Waals surface area (Å²) >= 11 is 0. The highest BCUT2D eigenvalue weighted by molar-refractivity contribution is 5.83. The predicted octanol–water partition coefficient (Wildman–Crippen LogP) is 3.81. The molecule has 26 heavy (non-hydrogen) atoms. The van der Waals surface area contributed by atoms with E-state index in [4.69, 9.17) is 0 Å². The van der Waals surface area contributed by atoms with Crippen LogP contribution in [0.15, 0.2) is 0 Å². The molecular weight excluding hydrogens is 338 g/mol. The van der Waals surface area contributed by atoms with Gasteiger partial charge in [0.05, 0.1) is 0 Å². The fourth-order valence-corrected chi connectivity index (χ4v) is 7.75. The second-order valence-electron chi connectivity index (χ2n) is 9.88. The average Bonchev–Trinajstić information content (AvgIpc) is 2.97. The molecule has 0 aliphatic heterocycles. The summed E-state index contributed by atoms with van der Waals surface area (Å²) in [5, 5.41) is 19.6. The van der Waals surface area contributed by atoms with Gasteiger partial charge in [-0.3, -0.25) is 4.79 Å². The summed E-state index contributed by atoms with van der Waals surface area (Å²) in [7, 11) is 0. The number of hydrogen-bond acceptors (Lipinski definition) is 3. The third kappa shape index (κ3) is 2.68. The summed E-state index contributed by atoms with van der Waals surface area (Å²) in [6, 6.07) is 0. The zero-order valence-corrected chi connectivity index (χ0v) is 15.7. The number of carbonyl (C=O) groups is 1. The lowest BCUT2D eigenvalue weighted by Gasteiger charge is -2.57. The van der Waals surface area contributed by atoms with Gasteiger partial charge in [-0.05, 0) is 92.8 Å². The zero-order chi connectivity index (χ0) is 18.7. The second-order valence-corrected chi connectivity index (χ2v) is 9.88. The van der Waals surface area contributed by atoms with Crippen LogP contribution in [0.4, 0.5) is 8.78 Å². The number of halogens is 2. The summed E-state index contributed by atoms with van der Waals surface area (Å²) in [5.74, 6) is 2.36. The molecule has 0 aromatic rings. The number of Topliss-reactive ketones (excluding diaryl/α,β-unsaturated/α-hetero) is 1. The maximum atomic E-state index is 13.3. The number of alkyl halides is 2. The first-order valence-electron chi connectivity index (χ1n) is 10.4. The van der Waals surface area contributed by atoms with E-state index in [1.165, 1.54) is 0 Å². The Morgan fingerprint density at radius 1 is 1.04 bits per heavy atom. The fourth-order valence-electron chi connectivity index (χ4n) is 7.75. The summed E-state index contributed by atoms with van der Waals surface area (Å²) in [6.07, 6.45) is 4.58. The molecule has 148 valence electrons. The molecule has 4 saturated carbocycles. The van der Waals surface area contributed by atoms with E-state index >= 15 is 0 Å². The predicted molar refractivity (Wildman–Crippen MR) is 93.6 cm³/mol. The molecule has 0 unspecified atom stereocenters. The van der Waals surface area contributed by atoms with E-state index in [0.717, 1.165) is 44.9 Å². The Morgan fingerprint density at radius 3 is 2.46 bits per heavy atom. The zero-order valence-electron chi connectivity index (χ0n) is 15.7. The van der Waals surface area contributed by atoms with Gasteiger partial charge in [-0.1, -0.05) is 6.92 Å². The summed E-state index contributed by atoms with van der Waals surface area (Å²) < 4.78 is 26.5. The molecule has 4 rings (SSSR count). The van der Waals surface area contributed by atoms with Gasteiger partial charge >= 0.3 is 0 Å². The number of carbonyl (C=O) groups excluding carboxylic acids is 1. The van der Waals surface area contributed by atoms with Crippen molar-refractivity contribution in [2.24, 2.45) is 40.9 Å². The van der Waals surface area contributed by atoms with Crippen LogP contribution in [0, 0.1) is 40.9 Å². The molecule has 0 aromatic carbocycles. The molecule has 5 heteroatoms. The topological polar surface area (TPSA) is 57.5 Å². The quantitative estimate of drug-likeness (QED) is 0.794. The van der Waals surface area contributed by atoms with E-state index in [-0.39, 0.29) is 42.5 Å². The second kappa shape index (κ2) is 6.51. The van der Waals surface area contributed by atoms with Gasteiger partial charge in [0.1, 0.15) is 12.2 Å². The lowest BCUT2D eigenvalue weighted by Crippen LogP contribution is -2.53. The van der Waals surface area contributed by atoms with Crippen molar-refractivity contribution < 1.29 is 23.8 Å². The number of aliphatic hydroxyl groups excluding tert-OH is 1. The monoisotopic (exact) mass is 370 g/mol. The van der Waals surface area contributed by atoms with Crippen molar-refractivity contribution in [2.75, 3.05) is 6.61 Å².